The Morgan fingerprint density at radius 3 is 2.45 bits per heavy atom. The molecule has 0 fully saturated rings. The molecule has 0 bridgehead atoms. The van der Waals surface area contributed by atoms with Crippen LogP contribution < -0.4 is 5.32 Å². The fraction of sp³-hybridized carbons (Fsp3) is 0.333. The third-order valence-electron chi connectivity index (χ3n) is 4.24. The Morgan fingerprint density at radius 2 is 1.86 bits per heavy atom. The number of amides is 1. The normalized spacial score (nSPS) is 10.6. The molecule has 1 amide bonds. The van der Waals surface area contributed by atoms with E-state index in [0.29, 0.717) is 18.8 Å². The molecule has 2 rings (SSSR count). The molecule has 0 saturated carbocycles. The Bertz CT molecular complexity index is 868. The molecule has 8 heteroatoms. The number of nitrogens with zero attached hydrogens (tertiary/aromatic N) is 2. The number of nitro benzene ring substituents is 1. The molecule has 0 atom stereocenters. The van der Waals surface area contributed by atoms with E-state index in [0.717, 1.165) is 5.56 Å². The molecule has 0 heterocycles. The van der Waals surface area contributed by atoms with E-state index in [-0.39, 0.29) is 30.1 Å². The van der Waals surface area contributed by atoms with Crippen LogP contribution >= 0.6 is 0 Å². The lowest BCUT2D eigenvalue weighted by atomic mass is 10.1. The fourth-order valence-electron chi connectivity index (χ4n) is 2.89. The van der Waals surface area contributed by atoms with Crippen LogP contribution in [0.2, 0.25) is 0 Å². The van der Waals surface area contributed by atoms with Gasteiger partial charge in [0.2, 0.25) is 0 Å². The molecular weight excluding hydrogens is 374 g/mol. The van der Waals surface area contributed by atoms with Gasteiger partial charge in [-0.3, -0.25) is 19.7 Å². The molecular formula is C21H25N3O5. The predicted octanol–water partition coefficient (Wildman–Crippen LogP) is 3.78. The summed E-state index contributed by atoms with van der Waals surface area (Å²) < 4.78 is 0. The van der Waals surface area contributed by atoms with E-state index in [1.807, 2.05) is 44.2 Å². The number of nitrogens with one attached hydrogen (secondary N) is 1. The van der Waals surface area contributed by atoms with Crippen LogP contribution in [0.5, 0.6) is 0 Å². The van der Waals surface area contributed by atoms with Crippen LogP contribution in [0.4, 0.5) is 11.4 Å². The van der Waals surface area contributed by atoms with E-state index >= 15 is 0 Å². The minimum absolute atomic E-state index is 0.0498. The lowest BCUT2D eigenvalue weighted by Crippen LogP contribution is -2.36. The van der Waals surface area contributed by atoms with E-state index in [1.54, 1.807) is 0 Å². The largest absolute Gasteiger partial charge is 0.481 e. The summed E-state index contributed by atoms with van der Waals surface area (Å²) in [6.07, 6.45) is -0.183. The molecule has 0 saturated heterocycles. The summed E-state index contributed by atoms with van der Waals surface area (Å²) in [5.41, 5.74) is 1.25. The zero-order chi connectivity index (χ0) is 21.4. The maximum Gasteiger partial charge on any atom is 0.305 e. The van der Waals surface area contributed by atoms with E-state index < -0.39 is 16.8 Å². The summed E-state index contributed by atoms with van der Waals surface area (Å²) >= 11 is 0. The van der Waals surface area contributed by atoms with Crippen molar-refractivity contribution in [1.29, 1.82) is 0 Å². The maximum absolute atomic E-state index is 12.8. The number of carbonyl (C=O) groups is 2. The van der Waals surface area contributed by atoms with Gasteiger partial charge in [-0.05, 0) is 23.6 Å². The molecule has 154 valence electrons. The van der Waals surface area contributed by atoms with Crippen molar-refractivity contribution in [3.63, 3.8) is 0 Å². The fourth-order valence-corrected chi connectivity index (χ4v) is 2.89. The summed E-state index contributed by atoms with van der Waals surface area (Å²) in [7, 11) is 0. The highest BCUT2D eigenvalue weighted by atomic mass is 16.6. The van der Waals surface area contributed by atoms with E-state index in [9.17, 15) is 19.7 Å². The van der Waals surface area contributed by atoms with Gasteiger partial charge in [0.25, 0.3) is 11.6 Å². The molecule has 0 aliphatic rings. The van der Waals surface area contributed by atoms with Gasteiger partial charge in [0.15, 0.2) is 0 Å². The van der Waals surface area contributed by atoms with Gasteiger partial charge < -0.3 is 15.3 Å². The van der Waals surface area contributed by atoms with Gasteiger partial charge in [-0.25, -0.2) is 0 Å². The number of anilines is 1. The van der Waals surface area contributed by atoms with Crippen molar-refractivity contribution in [3.05, 3.63) is 69.8 Å². The second-order valence-electron chi connectivity index (χ2n) is 7.12. The van der Waals surface area contributed by atoms with E-state index in [2.05, 4.69) is 5.32 Å². The van der Waals surface area contributed by atoms with Crippen LogP contribution in [-0.2, 0) is 11.3 Å². The van der Waals surface area contributed by atoms with Gasteiger partial charge in [-0.2, -0.15) is 0 Å². The minimum atomic E-state index is -1.00. The standard InChI is InChI=1S/C21H25N3O5/c1-15(2)14-23(11-10-20(25)26)21(27)17-8-9-18(19(12-17)24(28)29)22-13-16-6-4-3-5-7-16/h3-9,12,15,22H,10-11,13-14H2,1-2H3,(H,25,26). The van der Waals surface area contributed by atoms with Crippen molar-refractivity contribution in [2.24, 2.45) is 5.92 Å². The SMILES string of the molecule is CC(C)CN(CCC(=O)O)C(=O)c1ccc(NCc2ccccc2)c([N+](=O)[O-])c1. The summed E-state index contributed by atoms with van der Waals surface area (Å²) in [4.78, 5) is 36.2. The lowest BCUT2D eigenvalue weighted by Gasteiger charge is -2.24. The van der Waals surface area contributed by atoms with Crippen molar-refractivity contribution < 1.29 is 19.6 Å². The molecule has 0 spiro atoms. The Morgan fingerprint density at radius 1 is 1.17 bits per heavy atom. The maximum atomic E-state index is 12.8. The van der Waals surface area contributed by atoms with Gasteiger partial charge in [-0.1, -0.05) is 44.2 Å². The lowest BCUT2D eigenvalue weighted by molar-refractivity contribution is -0.384. The van der Waals surface area contributed by atoms with Crippen molar-refractivity contribution in [3.8, 4) is 0 Å². The number of nitro groups is 1. The first-order valence-corrected chi connectivity index (χ1v) is 9.35. The van der Waals surface area contributed by atoms with Gasteiger partial charge in [0, 0.05) is 31.3 Å². The van der Waals surface area contributed by atoms with Gasteiger partial charge in [-0.15, -0.1) is 0 Å². The highest BCUT2D eigenvalue weighted by Crippen LogP contribution is 2.27. The molecule has 2 aromatic carbocycles. The zero-order valence-corrected chi connectivity index (χ0v) is 16.5. The third kappa shape index (κ3) is 6.60. The molecule has 0 unspecified atom stereocenters. The smallest absolute Gasteiger partial charge is 0.305 e. The molecule has 0 aliphatic carbocycles. The number of rotatable bonds is 10. The van der Waals surface area contributed by atoms with E-state index in [4.69, 9.17) is 5.11 Å². The molecule has 0 aliphatic heterocycles. The number of carboxylic acid groups (broad SMARTS) is 1. The average Bonchev–Trinajstić information content (AvgIpc) is 2.69. The topological polar surface area (TPSA) is 113 Å². The Hall–Kier alpha value is -3.42. The quantitative estimate of drug-likeness (QED) is 0.464. The van der Waals surface area contributed by atoms with Crippen LogP contribution in [0.3, 0.4) is 0 Å². The van der Waals surface area contributed by atoms with Gasteiger partial charge in [0.1, 0.15) is 5.69 Å². The third-order valence-corrected chi connectivity index (χ3v) is 4.24. The second-order valence-corrected chi connectivity index (χ2v) is 7.12. The number of benzene rings is 2. The van der Waals surface area contributed by atoms with Gasteiger partial charge in [0.05, 0.1) is 11.3 Å². The van der Waals surface area contributed by atoms with Gasteiger partial charge >= 0.3 is 5.97 Å². The molecule has 0 radical (unpaired) electrons. The number of aliphatic carboxylic acids is 1. The second kappa shape index (κ2) is 10.2. The molecule has 29 heavy (non-hydrogen) atoms. The first-order valence-electron chi connectivity index (χ1n) is 9.35. The zero-order valence-electron chi connectivity index (χ0n) is 16.5. The summed E-state index contributed by atoms with van der Waals surface area (Å²) in [5, 5.41) is 23.5. The van der Waals surface area contributed by atoms with Crippen molar-refractivity contribution in [2.45, 2.75) is 26.8 Å². The molecule has 2 aromatic rings. The first kappa shape index (κ1) is 21.9. The number of hydrogen-bond acceptors (Lipinski definition) is 5. The predicted molar refractivity (Wildman–Crippen MR) is 110 cm³/mol. The Labute approximate surface area is 169 Å². The molecule has 2 N–H and O–H groups in total. The average molecular weight is 399 g/mol. The van der Waals surface area contributed by atoms with Crippen LogP contribution in [-0.4, -0.2) is 39.9 Å². The molecule has 0 aromatic heterocycles. The minimum Gasteiger partial charge on any atom is -0.481 e. The molecule has 8 nitrogen and oxygen atoms in total. The number of hydrogen-bond donors (Lipinski definition) is 2. The van der Waals surface area contributed by atoms with E-state index in [1.165, 1.54) is 23.1 Å². The summed E-state index contributed by atoms with van der Waals surface area (Å²) in [6, 6.07) is 13.7. The van der Waals surface area contributed by atoms with Crippen molar-refractivity contribution >= 4 is 23.3 Å². The monoisotopic (exact) mass is 399 g/mol. The highest BCUT2D eigenvalue weighted by Gasteiger charge is 2.22. The summed E-state index contributed by atoms with van der Waals surface area (Å²) in [6.45, 7) is 4.66. The van der Waals surface area contributed by atoms with Crippen molar-refractivity contribution in [1.82, 2.24) is 4.90 Å². The Balaban J connectivity index is 2.23. The first-order chi connectivity index (χ1) is 13.8. The number of carboxylic acids is 1. The Kier molecular flexibility index (Phi) is 7.70. The summed E-state index contributed by atoms with van der Waals surface area (Å²) in [5.74, 6) is -1.29. The number of carbonyl (C=O) groups excluding carboxylic acids is 1. The van der Waals surface area contributed by atoms with Crippen LogP contribution in [0.15, 0.2) is 48.5 Å². The van der Waals surface area contributed by atoms with Crippen LogP contribution in [0.25, 0.3) is 0 Å². The highest BCUT2D eigenvalue weighted by molar-refractivity contribution is 5.96. The van der Waals surface area contributed by atoms with Crippen LogP contribution in [0.1, 0.15) is 36.2 Å². The van der Waals surface area contributed by atoms with Crippen molar-refractivity contribution in [2.75, 3.05) is 18.4 Å². The van der Waals surface area contributed by atoms with Crippen LogP contribution in [0, 0.1) is 16.0 Å².